The third-order valence-corrected chi connectivity index (χ3v) is 5.19. The molecule has 0 bridgehead atoms. The van der Waals surface area contributed by atoms with Gasteiger partial charge in [0, 0.05) is 43.2 Å². The molecule has 34 heavy (non-hydrogen) atoms. The van der Waals surface area contributed by atoms with Gasteiger partial charge in [-0.15, -0.1) is 0 Å². The molecule has 0 saturated carbocycles. The van der Waals surface area contributed by atoms with Crippen molar-refractivity contribution in [2.75, 3.05) is 14.1 Å². The number of pyridine rings is 1. The summed E-state index contributed by atoms with van der Waals surface area (Å²) in [6, 6.07) is 19.7. The van der Waals surface area contributed by atoms with Gasteiger partial charge in [-0.25, -0.2) is 4.79 Å². The number of hydrogen-bond donors (Lipinski definition) is 1. The lowest BCUT2D eigenvalue weighted by molar-refractivity contribution is 0.0734. The highest BCUT2D eigenvalue weighted by molar-refractivity contribution is 5.93. The Morgan fingerprint density at radius 3 is 2.59 bits per heavy atom. The Labute approximate surface area is 198 Å². The summed E-state index contributed by atoms with van der Waals surface area (Å²) in [5, 5.41) is 16.5. The molecule has 2 aromatic carbocycles. The van der Waals surface area contributed by atoms with Gasteiger partial charge in [-0.2, -0.15) is 5.10 Å². The number of nitrogens with zero attached hydrogens (tertiary/aromatic N) is 3. The molecule has 1 unspecified atom stereocenters. The first-order valence-electron chi connectivity index (χ1n) is 10.7. The van der Waals surface area contributed by atoms with E-state index < -0.39 is 12.1 Å². The Balaban J connectivity index is 1.51. The summed E-state index contributed by atoms with van der Waals surface area (Å²) in [4.78, 5) is 16.8. The molecule has 7 heteroatoms. The molecular weight excluding hydrogens is 430 g/mol. The lowest BCUT2D eigenvalue weighted by Crippen LogP contribution is -2.10. The van der Waals surface area contributed by atoms with Crippen LogP contribution in [0.3, 0.4) is 0 Å². The zero-order chi connectivity index (χ0) is 24.1. The topological polar surface area (TPSA) is 88.2 Å². The molecule has 0 aliphatic carbocycles. The second kappa shape index (κ2) is 10.1. The number of benzene rings is 2. The zero-order valence-electron chi connectivity index (χ0n) is 19.2. The van der Waals surface area contributed by atoms with E-state index in [1.807, 2.05) is 45.3 Å². The van der Waals surface area contributed by atoms with Gasteiger partial charge >= 0.3 is 5.97 Å². The van der Waals surface area contributed by atoms with Crippen molar-refractivity contribution in [1.82, 2.24) is 9.99 Å². The summed E-state index contributed by atoms with van der Waals surface area (Å²) < 4.78 is 11.4. The van der Waals surface area contributed by atoms with Gasteiger partial charge in [0.25, 0.3) is 0 Å². The summed E-state index contributed by atoms with van der Waals surface area (Å²) in [5.41, 5.74) is 3.47. The molecule has 1 N–H and O–H groups in total. The molecule has 0 radical (unpaired) electrons. The van der Waals surface area contributed by atoms with Crippen molar-refractivity contribution < 1.29 is 19.1 Å². The quantitative estimate of drug-likeness (QED) is 0.186. The van der Waals surface area contributed by atoms with Gasteiger partial charge in [0.05, 0.1) is 11.8 Å². The third kappa shape index (κ3) is 5.22. The number of ether oxygens (including phenoxy) is 1. The molecule has 0 fully saturated rings. The van der Waals surface area contributed by atoms with Crippen molar-refractivity contribution in [2.45, 2.75) is 13.0 Å². The summed E-state index contributed by atoms with van der Waals surface area (Å²) in [6.07, 6.45) is 3.99. The van der Waals surface area contributed by atoms with E-state index in [1.54, 1.807) is 66.1 Å². The molecule has 0 aliphatic heterocycles. The number of esters is 1. The molecule has 0 amide bonds. The minimum Gasteiger partial charge on any atom is -0.463 e. The van der Waals surface area contributed by atoms with Gasteiger partial charge < -0.3 is 19.3 Å². The Kier molecular flexibility index (Phi) is 6.85. The number of hydrazone groups is 1. The van der Waals surface area contributed by atoms with Crippen LogP contribution in [0.1, 0.15) is 39.1 Å². The predicted molar refractivity (Wildman–Crippen MR) is 130 cm³/mol. The van der Waals surface area contributed by atoms with Gasteiger partial charge in [0.15, 0.2) is 0 Å². The number of aliphatic hydroxyl groups excluding tert-OH is 1. The minimum atomic E-state index is -0.911. The van der Waals surface area contributed by atoms with Gasteiger partial charge in [-0.05, 0) is 48.9 Å². The number of carbonyl (C=O) groups excluding carboxylic acids is 1. The number of rotatable bonds is 7. The van der Waals surface area contributed by atoms with E-state index in [-0.39, 0.29) is 0 Å². The zero-order valence-corrected chi connectivity index (χ0v) is 19.2. The fourth-order valence-corrected chi connectivity index (χ4v) is 3.43. The van der Waals surface area contributed by atoms with E-state index in [9.17, 15) is 9.90 Å². The van der Waals surface area contributed by atoms with Gasteiger partial charge in [-0.1, -0.05) is 30.3 Å². The lowest BCUT2D eigenvalue weighted by Gasteiger charge is -2.09. The van der Waals surface area contributed by atoms with Crippen LogP contribution in [0.4, 0.5) is 0 Å². The monoisotopic (exact) mass is 455 g/mol. The van der Waals surface area contributed by atoms with Crippen molar-refractivity contribution in [3.8, 4) is 16.9 Å². The van der Waals surface area contributed by atoms with Gasteiger partial charge in [-0.3, -0.25) is 4.98 Å². The largest absolute Gasteiger partial charge is 0.463 e. The van der Waals surface area contributed by atoms with E-state index in [0.717, 1.165) is 11.1 Å². The van der Waals surface area contributed by atoms with E-state index >= 15 is 0 Å². The Hall–Kier alpha value is -4.23. The van der Waals surface area contributed by atoms with Crippen LogP contribution >= 0.6 is 0 Å². The van der Waals surface area contributed by atoms with E-state index in [4.69, 9.17) is 9.15 Å². The Morgan fingerprint density at radius 1 is 1.12 bits per heavy atom. The molecule has 0 aliphatic rings. The van der Waals surface area contributed by atoms with E-state index in [1.165, 1.54) is 0 Å². The Morgan fingerprint density at radius 2 is 1.88 bits per heavy atom. The first-order valence-corrected chi connectivity index (χ1v) is 10.7. The van der Waals surface area contributed by atoms with Crippen molar-refractivity contribution in [3.63, 3.8) is 0 Å². The maximum Gasteiger partial charge on any atom is 0.343 e. The molecular formula is C27H25N3O4. The summed E-state index contributed by atoms with van der Waals surface area (Å²) in [5.74, 6) is 1.07. The van der Waals surface area contributed by atoms with Crippen LogP contribution in [0.5, 0.6) is 5.75 Å². The summed E-state index contributed by atoms with van der Waals surface area (Å²) in [6.45, 7) is 1.84. The molecule has 0 saturated heterocycles. The smallest absolute Gasteiger partial charge is 0.343 e. The molecule has 172 valence electrons. The molecule has 4 aromatic rings. The van der Waals surface area contributed by atoms with Crippen molar-refractivity contribution in [2.24, 2.45) is 5.10 Å². The molecule has 2 heterocycles. The van der Waals surface area contributed by atoms with Crippen molar-refractivity contribution >= 4 is 12.2 Å². The third-order valence-electron chi connectivity index (χ3n) is 5.19. The summed E-state index contributed by atoms with van der Waals surface area (Å²) >= 11 is 0. The molecule has 7 nitrogen and oxygen atoms in total. The highest BCUT2D eigenvalue weighted by atomic mass is 16.5. The number of para-hydroxylation sites is 1. The maximum atomic E-state index is 12.7. The number of aryl methyl sites for hydroxylation is 1. The SMILES string of the molecule is Cc1oc(C(O)c2cccnc2)cc1-c1ccc(C(=O)Oc2ccccc2C=NN(C)C)cc1. The van der Waals surface area contributed by atoms with Gasteiger partial charge in [0.1, 0.15) is 23.4 Å². The lowest BCUT2D eigenvalue weighted by atomic mass is 10.0. The van der Waals surface area contributed by atoms with Crippen LogP contribution in [-0.4, -0.2) is 41.4 Å². The van der Waals surface area contributed by atoms with Crippen LogP contribution in [0, 0.1) is 6.92 Å². The number of aromatic nitrogens is 1. The first kappa shape index (κ1) is 22.9. The number of hydrogen-bond acceptors (Lipinski definition) is 7. The highest BCUT2D eigenvalue weighted by Crippen LogP contribution is 2.32. The highest BCUT2D eigenvalue weighted by Gasteiger charge is 2.19. The second-order valence-electron chi connectivity index (χ2n) is 7.90. The minimum absolute atomic E-state index is 0.417. The number of furan rings is 1. The van der Waals surface area contributed by atoms with E-state index in [2.05, 4.69) is 10.1 Å². The van der Waals surface area contributed by atoms with Crippen LogP contribution in [-0.2, 0) is 0 Å². The Bertz CT molecular complexity index is 1300. The average Bonchev–Trinajstić information content (AvgIpc) is 3.25. The second-order valence-corrected chi connectivity index (χ2v) is 7.90. The molecule has 2 aromatic heterocycles. The number of aliphatic hydroxyl groups is 1. The molecule has 0 spiro atoms. The first-order chi connectivity index (χ1) is 16.4. The molecule has 4 rings (SSSR count). The van der Waals surface area contributed by atoms with Crippen molar-refractivity contribution in [1.29, 1.82) is 0 Å². The van der Waals surface area contributed by atoms with Crippen LogP contribution < -0.4 is 4.74 Å². The van der Waals surface area contributed by atoms with E-state index in [0.29, 0.717) is 34.0 Å². The van der Waals surface area contributed by atoms with Crippen molar-refractivity contribution in [3.05, 3.63) is 107 Å². The fraction of sp³-hybridized carbons (Fsp3) is 0.148. The van der Waals surface area contributed by atoms with Crippen LogP contribution in [0.25, 0.3) is 11.1 Å². The normalized spacial score (nSPS) is 12.0. The predicted octanol–water partition coefficient (Wildman–Crippen LogP) is 4.85. The standard InChI is InChI=1S/C27H25N3O4/c1-18-23(15-25(33-18)26(31)22-8-6-14-28-16-22)19-10-12-20(13-11-19)27(32)34-24-9-5-4-7-21(24)17-29-30(2)3/h4-17,26,31H,1-3H3. The average molecular weight is 456 g/mol. The molecule has 1 atom stereocenters. The number of carbonyl (C=O) groups is 1. The maximum absolute atomic E-state index is 12.7. The van der Waals surface area contributed by atoms with Crippen LogP contribution in [0.2, 0.25) is 0 Å². The summed E-state index contributed by atoms with van der Waals surface area (Å²) in [7, 11) is 3.63. The fourth-order valence-electron chi connectivity index (χ4n) is 3.43. The van der Waals surface area contributed by atoms with Crippen LogP contribution in [0.15, 0.2) is 88.6 Å². The van der Waals surface area contributed by atoms with Gasteiger partial charge in [0.2, 0.25) is 0 Å².